The van der Waals surface area contributed by atoms with Gasteiger partial charge in [0.15, 0.2) is 0 Å². The highest BCUT2D eigenvalue weighted by atomic mass is 16.2. The van der Waals surface area contributed by atoms with E-state index in [1.54, 1.807) is 10.9 Å². The molecule has 2 atom stereocenters. The molecular weight excluding hydrogens is 262 g/mol. The quantitative estimate of drug-likeness (QED) is 0.865. The van der Waals surface area contributed by atoms with E-state index in [1.165, 1.54) is 5.56 Å². The van der Waals surface area contributed by atoms with Crippen LogP contribution in [0.25, 0.3) is 0 Å². The Bertz CT molecular complexity index is 579. The highest BCUT2D eigenvalue weighted by Crippen LogP contribution is 2.23. The summed E-state index contributed by atoms with van der Waals surface area (Å²) >= 11 is 0. The Balaban J connectivity index is 1.58. The summed E-state index contributed by atoms with van der Waals surface area (Å²) in [4.78, 5) is 14.5. The van der Waals surface area contributed by atoms with E-state index in [0.717, 1.165) is 25.9 Å². The zero-order chi connectivity index (χ0) is 14.7. The summed E-state index contributed by atoms with van der Waals surface area (Å²) in [5.41, 5.74) is 1.36. The molecule has 4 nitrogen and oxygen atoms in total. The van der Waals surface area contributed by atoms with Crippen molar-refractivity contribution in [2.45, 2.75) is 25.8 Å². The van der Waals surface area contributed by atoms with E-state index in [2.05, 4.69) is 29.4 Å². The molecule has 0 radical (unpaired) electrons. The number of carbonyl (C=O) groups excluding carboxylic acids is 1. The van der Waals surface area contributed by atoms with Crippen molar-refractivity contribution in [3.05, 3.63) is 54.4 Å². The lowest BCUT2D eigenvalue weighted by Gasteiger charge is -2.21. The largest absolute Gasteiger partial charge is 0.341 e. The number of hydrogen-bond donors (Lipinski definition) is 0. The van der Waals surface area contributed by atoms with Gasteiger partial charge in [0.1, 0.15) is 6.04 Å². The Morgan fingerprint density at radius 1 is 1.33 bits per heavy atom. The maximum Gasteiger partial charge on any atom is 0.247 e. The first-order chi connectivity index (χ1) is 10.2. The highest BCUT2D eigenvalue weighted by molar-refractivity contribution is 5.80. The summed E-state index contributed by atoms with van der Waals surface area (Å²) in [6, 6.07) is 12.2. The zero-order valence-electron chi connectivity index (χ0n) is 12.4. The topological polar surface area (TPSA) is 38.1 Å². The van der Waals surface area contributed by atoms with E-state index in [9.17, 15) is 4.79 Å². The lowest BCUT2D eigenvalue weighted by Crippen LogP contribution is -2.34. The van der Waals surface area contributed by atoms with Crippen LogP contribution in [0.4, 0.5) is 0 Å². The average Bonchev–Trinajstić information content (AvgIpc) is 3.18. The van der Waals surface area contributed by atoms with Gasteiger partial charge in [-0.15, -0.1) is 0 Å². The van der Waals surface area contributed by atoms with Crippen LogP contribution in [0.5, 0.6) is 0 Å². The minimum Gasteiger partial charge on any atom is -0.341 e. The monoisotopic (exact) mass is 283 g/mol. The van der Waals surface area contributed by atoms with Crippen molar-refractivity contribution in [3.63, 3.8) is 0 Å². The molecular formula is C17H21N3O. The second-order valence-electron chi connectivity index (χ2n) is 5.79. The summed E-state index contributed by atoms with van der Waals surface area (Å²) in [6.07, 6.45) is 5.71. The zero-order valence-corrected chi connectivity index (χ0v) is 12.4. The van der Waals surface area contributed by atoms with Gasteiger partial charge in [-0.05, 0) is 37.3 Å². The van der Waals surface area contributed by atoms with E-state index in [0.29, 0.717) is 5.92 Å². The van der Waals surface area contributed by atoms with Gasteiger partial charge < -0.3 is 4.90 Å². The van der Waals surface area contributed by atoms with Gasteiger partial charge in [0.2, 0.25) is 5.91 Å². The molecule has 2 aromatic rings. The van der Waals surface area contributed by atoms with Crippen molar-refractivity contribution in [1.29, 1.82) is 0 Å². The van der Waals surface area contributed by atoms with E-state index in [1.807, 2.05) is 30.2 Å². The van der Waals surface area contributed by atoms with E-state index < -0.39 is 0 Å². The molecule has 1 aliphatic heterocycles. The fourth-order valence-electron chi connectivity index (χ4n) is 3.03. The van der Waals surface area contributed by atoms with Crippen molar-refractivity contribution in [2.24, 2.45) is 5.92 Å². The maximum atomic E-state index is 12.5. The molecule has 4 heteroatoms. The van der Waals surface area contributed by atoms with Gasteiger partial charge in [0.25, 0.3) is 0 Å². The van der Waals surface area contributed by atoms with Crippen LogP contribution in [0.1, 0.15) is 24.9 Å². The molecule has 0 bridgehead atoms. The van der Waals surface area contributed by atoms with Crippen LogP contribution >= 0.6 is 0 Å². The number of benzene rings is 1. The molecule has 0 unspecified atom stereocenters. The van der Waals surface area contributed by atoms with Gasteiger partial charge >= 0.3 is 0 Å². The lowest BCUT2D eigenvalue weighted by molar-refractivity contribution is -0.133. The molecule has 0 N–H and O–H groups in total. The van der Waals surface area contributed by atoms with Crippen LogP contribution in [0.2, 0.25) is 0 Å². The fraction of sp³-hybridized carbons (Fsp3) is 0.412. The van der Waals surface area contributed by atoms with Crippen LogP contribution in [0.15, 0.2) is 48.8 Å². The highest BCUT2D eigenvalue weighted by Gasteiger charge is 2.29. The molecule has 1 saturated heterocycles. The van der Waals surface area contributed by atoms with Crippen LogP contribution < -0.4 is 0 Å². The standard InChI is InChI=1S/C17H21N3O/c1-14(20-10-5-9-18-20)17(21)19-11-8-16(13-19)12-15-6-3-2-4-7-15/h2-7,9-10,14,16H,8,11-13H2,1H3/t14-,16+/m1/s1. The van der Waals surface area contributed by atoms with E-state index in [4.69, 9.17) is 0 Å². The van der Waals surface area contributed by atoms with Crippen LogP contribution in [0.3, 0.4) is 0 Å². The number of rotatable bonds is 4. The fourth-order valence-corrected chi connectivity index (χ4v) is 3.03. The van der Waals surface area contributed by atoms with Gasteiger partial charge in [-0.2, -0.15) is 5.10 Å². The van der Waals surface area contributed by atoms with Gasteiger partial charge in [0.05, 0.1) is 0 Å². The predicted molar refractivity (Wildman–Crippen MR) is 81.8 cm³/mol. The normalized spacial score (nSPS) is 19.7. The molecule has 2 heterocycles. The summed E-state index contributed by atoms with van der Waals surface area (Å²) in [5.74, 6) is 0.746. The van der Waals surface area contributed by atoms with E-state index in [-0.39, 0.29) is 11.9 Å². The number of aromatic nitrogens is 2. The Kier molecular flexibility index (Phi) is 4.04. The Hall–Kier alpha value is -2.10. The van der Waals surface area contributed by atoms with Crippen molar-refractivity contribution >= 4 is 5.91 Å². The molecule has 3 rings (SSSR count). The smallest absolute Gasteiger partial charge is 0.247 e. The first-order valence-corrected chi connectivity index (χ1v) is 7.56. The molecule has 0 spiro atoms. The Morgan fingerprint density at radius 3 is 2.86 bits per heavy atom. The van der Waals surface area contributed by atoms with Gasteiger partial charge in [0, 0.05) is 25.5 Å². The third kappa shape index (κ3) is 3.15. The molecule has 110 valence electrons. The number of amides is 1. The summed E-state index contributed by atoms with van der Waals surface area (Å²) in [5, 5.41) is 4.16. The molecule has 1 aliphatic rings. The molecule has 1 amide bonds. The number of hydrogen-bond acceptors (Lipinski definition) is 2. The van der Waals surface area contributed by atoms with Crippen molar-refractivity contribution in [3.8, 4) is 0 Å². The van der Waals surface area contributed by atoms with E-state index >= 15 is 0 Å². The number of likely N-dealkylation sites (tertiary alicyclic amines) is 1. The minimum atomic E-state index is -0.213. The molecule has 1 aromatic carbocycles. The second-order valence-corrected chi connectivity index (χ2v) is 5.79. The Morgan fingerprint density at radius 2 is 2.14 bits per heavy atom. The van der Waals surface area contributed by atoms with Gasteiger partial charge in [-0.1, -0.05) is 30.3 Å². The molecule has 1 fully saturated rings. The lowest BCUT2D eigenvalue weighted by atomic mass is 9.99. The third-order valence-electron chi connectivity index (χ3n) is 4.24. The molecule has 0 saturated carbocycles. The Labute approximate surface area is 125 Å². The third-order valence-corrected chi connectivity index (χ3v) is 4.24. The summed E-state index contributed by atoms with van der Waals surface area (Å²) in [7, 11) is 0. The van der Waals surface area contributed by atoms with Crippen molar-refractivity contribution < 1.29 is 4.79 Å². The van der Waals surface area contributed by atoms with Crippen LogP contribution in [0, 0.1) is 5.92 Å². The summed E-state index contributed by atoms with van der Waals surface area (Å²) in [6.45, 7) is 3.64. The van der Waals surface area contributed by atoms with Crippen molar-refractivity contribution in [2.75, 3.05) is 13.1 Å². The van der Waals surface area contributed by atoms with Gasteiger partial charge in [-0.3, -0.25) is 9.48 Å². The second kappa shape index (κ2) is 6.12. The average molecular weight is 283 g/mol. The first-order valence-electron chi connectivity index (χ1n) is 7.56. The van der Waals surface area contributed by atoms with Crippen molar-refractivity contribution in [1.82, 2.24) is 14.7 Å². The first kappa shape index (κ1) is 13.9. The van der Waals surface area contributed by atoms with Crippen LogP contribution in [-0.4, -0.2) is 33.7 Å². The molecule has 0 aliphatic carbocycles. The number of nitrogens with zero attached hydrogens (tertiary/aromatic N) is 3. The predicted octanol–water partition coefficient (Wildman–Crippen LogP) is 2.54. The van der Waals surface area contributed by atoms with Gasteiger partial charge in [-0.25, -0.2) is 0 Å². The van der Waals surface area contributed by atoms with Crippen LogP contribution in [-0.2, 0) is 11.2 Å². The molecule has 1 aromatic heterocycles. The number of carbonyl (C=O) groups is 1. The maximum absolute atomic E-state index is 12.5. The minimum absolute atomic E-state index is 0.175. The SMILES string of the molecule is C[C@H](C(=O)N1CC[C@@H](Cc2ccccc2)C1)n1cccn1. The summed E-state index contributed by atoms with van der Waals surface area (Å²) < 4.78 is 1.73. The molecule has 21 heavy (non-hydrogen) atoms.